The number of nitrogens with one attached hydrogen (secondary N) is 1. The zero-order valence-electron chi connectivity index (χ0n) is 14.2. The lowest BCUT2D eigenvalue weighted by molar-refractivity contribution is 0.0826. The zero-order valence-corrected chi connectivity index (χ0v) is 14.2. The second-order valence-corrected chi connectivity index (χ2v) is 6.52. The van der Waals surface area contributed by atoms with Crippen molar-refractivity contribution in [3.8, 4) is 0 Å². The van der Waals surface area contributed by atoms with Crippen LogP contribution in [-0.4, -0.2) is 62.9 Å². The lowest BCUT2D eigenvalue weighted by Crippen LogP contribution is -2.24. The molecule has 124 valence electrons. The average molecular weight is 316 g/mol. The Hall–Kier alpha value is -2.15. The first kappa shape index (κ1) is 15.7. The minimum Gasteiger partial charge on any atom is -0.345 e. The number of H-pyrrole nitrogens is 1. The second-order valence-electron chi connectivity index (χ2n) is 6.52. The first-order chi connectivity index (χ1) is 11.0. The molecule has 23 heavy (non-hydrogen) atoms. The van der Waals surface area contributed by atoms with E-state index >= 15 is 0 Å². The molecular weight excluding hydrogens is 292 g/mol. The second kappa shape index (κ2) is 6.16. The quantitative estimate of drug-likeness (QED) is 0.918. The maximum absolute atomic E-state index is 12.3. The highest BCUT2D eigenvalue weighted by molar-refractivity contribution is 5.94. The Morgan fingerprint density at radius 2 is 2.22 bits per heavy atom. The maximum atomic E-state index is 12.3. The van der Waals surface area contributed by atoms with Crippen LogP contribution in [0.5, 0.6) is 0 Å². The zero-order chi connectivity index (χ0) is 16.6. The first-order valence-electron chi connectivity index (χ1n) is 7.92. The molecule has 1 fully saturated rings. The summed E-state index contributed by atoms with van der Waals surface area (Å²) in [6.07, 6.45) is 4.59. The molecule has 1 N–H and O–H groups in total. The molecule has 1 saturated heterocycles. The van der Waals surface area contributed by atoms with E-state index < -0.39 is 0 Å². The molecule has 0 aliphatic carbocycles. The number of carbonyl (C=O) groups is 1. The molecule has 2 aromatic rings. The Morgan fingerprint density at radius 1 is 1.43 bits per heavy atom. The number of amides is 1. The molecular formula is C16H24N6O. The fourth-order valence-corrected chi connectivity index (χ4v) is 3.24. The Labute approximate surface area is 136 Å². The standard InChI is InChI=1S/C16H24N6O/c1-11-7-18-21(4)14(11)10-22-6-5-12(9-22)15-13(8-17-19-15)16(23)20(2)3/h7-8,12H,5-6,9-10H2,1-4H3,(H,17,19)/t12-/m0/s1. The van der Waals surface area contributed by atoms with Crippen LogP contribution in [0.4, 0.5) is 0 Å². The van der Waals surface area contributed by atoms with Crippen LogP contribution in [0.15, 0.2) is 12.4 Å². The van der Waals surface area contributed by atoms with Crippen molar-refractivity contribution < 1.29 is 4.79 Å². The van der Waals surface area contributed by atoms with E-state index in [1.54, 1.807) is 25.2 Å². The van der Waals surface area contributed by atoms with Crippen LogP contribution in [0.25, 0.3) is 0 Å². The highest BCUT2D eigenvalue weighted by Crippen LogP contribution is 2.29. The number of aryl methyl sites for hydroxylation is 2. The summed E-state index contributed by atoms with van der Waals surface area (Å²) in [4.78, 5) is 16.3. The summed E-state index contributed by atoms with van der Waals surface area (Å²) in [7, 11) is 5.52. The van der Waals surface area contributed by atoms with Crippen molar-refractivity contribution in [1.82, 2.24) is 29.8 Å². The number of likely N-dealkylation sites (tertiary alicyclic amines) is 1. The molecule has 1 atom stereocenters. The lowest BCUT2D eigenvalue weighted by Gasteiger charge is -2.17. The lowest BCUT2D eigenvalue weighted by atomic mass is 10.0. The number of nitrogens with zero attached hydrogens (tertiary/aromatic N) is 5. The van der Waals surface area contributed by atoms with Crippen molar-refractivity contribution in [2.24, 2.45) is 7.05 Å². The molecule has 0 radical (unpaired) electrons. The van der Waals surface area contributed by atoms with Crippen molar-refractivity contribution >= 4 is 5.91 Å². The molecule has 3 heterocycles. The number of aromatic nitrogens is 4. The van der Waals surface area contributed by atoms with Gasteiger partial charge in [-0.05, 0) is 25.5 Å². The van der Waals surface area contributed by atoms with Crippen LogP contribution in [0.1, 0.15) is 39.6 Å². The van der Waals surface area contributed by atoms with Gasteiger partial charge in [0, 0.05) is 40.2 Å². The van der Waals surface area contributed by atoms with Gasteiger partial charge in [0.25, 0.3) is 5.91 Å². The molecule has 0 bridgehead atoms. The van der Waals surface area contributed by atoms with Gasteiger partial charge in [0.2, 0.25) is 0 Å². The van der Waals surface area contributed by atoms with Crippen LogP contribution >= 0.6 is 0 Å². The van der Waals surface area contributed by atoms with Crippen molar-refractivity contribution in [2.45, 2.75) is 25.8 Å². The van der Waals surface area contributed by atoms with E-state index in [1.165, 1.54) is 11.3 Å². The van der Waals surface area contributed by atoms with E-state index in [0.29, 0.717) is 11.5 Å². The van der Waals surface area contributed by atoms with E-state index in [0.717, 1.165) is 31.7 Å². The van der Waals surface area contributed by atoms with E-state index in [-0.39, 0.29) is 5.91 Å². The molecule has 0 unspecified atom stereocenters. The third kappa shape index (κ3) is 3.01. The smallest absolute Gasteiger partial charge is 0.256 e. The van der Waals surface area contributed by atoms with E-state index in [4.69, 9.17) is 0 Å². The number of hydrogen-bond donors (Lipinski definition) is 1. The van der Waals surface area contributed by atoms with Crippen LogP contribution in [0.2, 0.25) is 0 Å². The van der Waals surface area contributed by atoms with E-state index in [2.05, 4.69) is 27.1 Å². The van der Waals surface area contributed by atoms with Gasteiger partial charge in [0.05, 0.1) is 29.3 Å². The molecule has 0 aromatic carbocycles. The Kier molecular flexibility index (Phi) is 4.21. The van der Waals surface area contributed by atoms with Gasteiger partial charge in [0.15, 0.2) is 0 Å². The Morgan fingerprint density at radius 3 is 2.87 bits per heavy atom. The van der Waals surface area contributed by atoms with Crippen LogP contribution in [0, 0.1) is 6.92 Å². The van der Waals surface area contributed by atoms with Crippen LogP contribution in [0.3, 0.4) is 0 Å². The van der Waals surface area contributed by atoms with Gasteiger partial charge in [-0.1, -0.05) is 0 Å². The molecule has 0 spiro atoms. The van der Waals surface area contributed by atoms with Gasteiger partial charge in [-0.25, -0.2) is 0 Å². The fourth-order valence-electron chi connectivity index (χ4n) is 3.24. The highest BCUT2D eigenvalue weighted by Gasteiger charge is 2.29. The maximum Gasteiger partial charge on any atom is 0.256 e. The number of rotatable bonds is 4. The summed E-state index contributed by atoms with van der Waals surface area (Å²) in [6, 6.07) is 0. The summed E-state index contributed by atoms with van der Waals surface area (Å²) in [5, 5.41) is 11.4. The summed E-state index contributed by atoms with van der Waals surface area (Å²) in [5.74, 6) is 0.333. The molecule has 7 heteroatoms. The minimum absolute atomic E-state index is 0.00896. The van der Waals surface area contributed by atoms with Crippen molar-refractivity contribution in [2.75, 3.05) is 27.2 Å². The largest absolute Gasteiger partial charge is 0.345 e. The molecule has 2 aromatic heterocycles. The highest BCUT2D eigenvalue weighted by atomic mass is 16.2. The Bertz CT molecular complexity index is 682. The van der Waals surface area contributed by atoms with Crippen LogP contribution < -0.4 is 0 Å². The van der Waals surface area contributed by atoms with Gasteiger partial charge in [-0.2, -0.15) is 10.2 Å². The number of carbonyl (C=O) groups excluding carboxylic acids is 1. The molecule has 1 aliphatic rings. The predicted molar refractivity (Wildman–Crippen MR) is 87.2 cm³/mol. The molecule has 0 saturated carbocycles. The summed E-state index contributed by atoms with van der Waals surface area (Å²) < 4.78 is 1.94. The number of hydrogen-bond acceptors (Lipinski definition) is 4. The Balaban J connectivity index is 1.71. The van der Waals surface area contributed by atoms with Crippen molar-refractivity contribution in [1.29, 1.82) is 0 Å². The summed E-state index contributed by atoms with van der Waals surface area (Å²) >= 11 is 0. The predicted octanol–water partition coefficient (Wildman–Crippen LogP) is 1.14. The van der Waals surface area contributed by atoms with E-state index in [9.17, 15) is 4.79 Å². The molecule has 3 rings (SSSR count). The normalized spacial score (nSPS) is 18.5. The first-order valence-corrected chi connectivity index (χ1v) is 7.92. The average Bonchev–Trinajstić information content (AvgIpc) is 3.22. The molecule has 1 amide bonds. The van der Waals surface area contributed by atoms with E-state index in [1.807, 2.05) is 17.9 Å². The van der Waals surface area contributed by atoms with Crippen molar-refractivity contribution in [3.63, 3.8) is 0 Å². The SMILES string of the molecule is Cc1cnn(C)c1CN1CC[C@H](c2[nH]ncc2C(=O)N(C)C)C1. The van der Waals surface area contributed by atoms with Gasteiger partial charge >= 0.3 is 0 Å². The van der Waals surface area contributed by atoms with Gasteiger partial charge in [-0.15, -0.1) is 0 Å². The van der Waals surface area contributed by atoms with Crippen molar-refractivity contribution in [3.05, 3.63) is 34.9 Å². The molecule has 1 aliphatic heterocycles. The third-order valence-corrected chi connectivity index (χ3v) is 4.63. The summed E-state index contributed by atoms with van der Waals surface area (Å²) in [5.41, 5.74) is 4.13. The minimum atomic E-state index is 0.00896. The van der Waals surface area contributed by atoms with Gasteiger partial charge in [0.1, 0.15) is 0 Å². The summed E-state index contributed by atoms with van der Waals surface area (Å²) in [6.45, 7) is 4.94. The van der Waals surface area contributed by atoms with Gasteiger partial charge < -0.3 is 4.90 Å². The molecule has 7 nitrogen and oxygen atoms in total. The van der Waals surface area contributed by atoms with Gasteiger partial charge in [-0.3, -0.25) is 19.5 Å². The number of aromatic amines is 1. The monoisotopic (exact) mass is 316 g/mol. The fraction of sp³-hybridized carbons (Fsp3) is 0.562. The topological polar surface area (TPSA) is 70.0 Å². The third-order valence-electron chi connectivity index (χ3n) is 4.63. The van der Waals surface area contributed by atoms with Crippen LogP contribution in [-0.2, 0) is 13.6 Å².